The van der Waals surface area contributed by atoms with Gasteiger partial charge in [-0.1, -0.05) is 29.8 Å². The normalized spacial score (nSPS) is 12.8. The third kappa shape index (κ3) is 3.76. The molecule has 4 nitrogen and oxygen atoms in total. The quantitative estimate of drug-likeness (QED) is 0.684. The lowest BCUT2D eigenvalue weighted by Crippen LogP contribution is -2.18. The first-order valence-corrected chi connectivity index (χ1v) is 7.77. The van der Waals surface area contributed by atoms with Gasteiger partial charge in [0, 0.05) is 18.0 Å². The van der Waals surface area contributed by atoms with Crippen molar-refractivity contribution in [3.63, 3.8) is 0 Å². The molecule has 1 aromatic carbocycles. The van der Waals surface area contributed by atoms with Crippen LogP contribution in [0.4, 0.5) is 19.0 Å². The topological polar surface area (TPSA) is 53.6 Å². The average molecular weight is 367 g/mol. The number of alkyl halides is 3. The summed E-state index contributed by atoms with van der Waals surface area (Å²) in [6, 6.07) is 6.27. The van der Waals surface area contributed by atoms with E-state index in [4.69, 9.17) is 11.6 Å². The first kappa shape index (κ1) is 17.3. The smallest absolute Gasteiger partial charge is 0.358 e. The number of hydrogen-bond donors (Lipinski definition) is 2. The van der Waals surface area contributed by atoms with Crippen molar-refractivity contribution in [3.8, 4) is 0 Å². The van der Waals surface area contributed by atoms with Gasteiger partial charge in [0.15, 0.2) is 0 Å². The van der Waals surface area contributed by atoms with Gasteiger partial charge < -0.3 is 5.32 Å². The fourth-order valence-electron chi connectivity index (χ4n) is 2.54. The molecule has 3 aromatic rings. The Morgan fingerprint density at radius 3 is 2.60 bits per heavy atom. The standard InChI is InChI=1S/C17H14ClF3N4/c1-10-6-14(18)16(22-7-10)25-15(11-8-23-24-9-11)12-4-2-3-5-13(12)17(19,20)21/h2-9,15H,1H3,(H,22,25)(H,23,24). The highest BCUT2D eigenvalue weighted by molar-refractivity contribution is 6.33. The molecule has 130 valence electrons. The molecule has 0 spiro atoms. The monoisotopic (exact) mass is 366 g/mol. The fourth-order valence-corrected chi connectivity index (χ4v) is 2.82. The first-order chi connectivity index (χ1) is 11.9. The third-order valence-corrected chi connectivity index (χ3v) is 3.98. The van der Waals surface area contributed by atoms with Gasteiger partial charge >= 0.3 is 6.18 Å². The summed E-state index contributed by atoms with van der Waals surface area (Å²) < 4.78 is 40.3. The van der Waals surface area contributed by atoms with Crippen molar-refractivity contribution in [3.05, 3.63) is 76.2 Å². The Labute approximate surface area is 147 Å². The summed E-state index contributed by atoms with van der Waals surface area (Å²) in [4.78, 5) is 4.19. The van der Waals surface area contributed by atoms with Crippen molar-refractivity contribution in [1.29, 1.82) is 0 Å². The summed E-state index contributed by atoms with van der Waals surface area (Å²) in [5, 5.41) is 9.80. The van der Waals surface area contributed by atoms with E-state index >= 15 is 0 Å². The summed E-state index contributed by atoms with van der Waals surface area (Å²) in [5.74, 6) is 0.301. The largest absolute Gasteiger partial charge is 0.416 e. The number of hydrogen-bond acceptors (Lipinski definition) is 3. The lowest BCUT2D eigenvalue weighted by Gasteiger charge is -2.23. The van der Waals surface area contributed by atoms with Gasteiger partial charge in [0.1, 0.15) is 5.82 Å². The molecule has 1 atom stereocenters. The van der Waals surface area contributed by atoms with Crippen LogP contribution in [-0.4, -0.2) is 15.2 Å². The summed E-state index contributed by atoms with van der Waals surface area (Å²) in [6.07, 6.45) is 0.112. The Morgan fingerprint density at radius 1 is 1.20 bits per heavy atom. The number of rotatable bonds is 4. The van der Waals surface area contributed by atoms with E-state index in [1.54, 1.807) is 18.3 Å². The van der Waals surface area contributed by atoms with E-state index in [1.165, 1.54) is 24.5 Å². The molecular weight excluding hydrogens is 353 g/mol. The van der Waals surface area contributed by atoms with Crippen LogP contribution in [0.3, 0.4) is 0 Å². The van der Waals surface area contributed by atoms with Gasteiger partial charge in [0.25, 0.3) is 0 Å². The van der Waals surface area contributed by atoms with Gasteiger partial charge in [-0.15, -0.1) is 0 Å². The van der Waals surface area contributed by atoms with Crippen LogP contribution >= 0.6 is 11.6 Å². The van der Waals surface area contributed by atoms with E-state index in [0.717, 1.165) is 11.6 Å². The molecule has 2 N–H and O–H groups in total. The Kier molecular flexibility index (Phi) is 4.67. The Morgan fingerprint density at radius 2 is 1.96 bits per heavy atom. The number of anilines is 1. The Hall–Kier alpha value is -2.54. The highest BCUT2D eigenvalue weighted by Crippen LogP contribution is 2.38. The van der Waals surface area contributed by atoms with Crippen molar-refractivity contribution < 1.29 is 13.2 Å². The minimum absolute atomic E-state index is 0.0647. The summed E-state index contributed by atoms with van der Waals surface area (Å²) in [6.45, 7) is 1.83. The second kappa shape index (κ2) is 6.76. The molecular formula is C17H14ClF3N4. The maximum Gasteiger partial charge on any atom is 0.416 e. The number of nitrogens with zero attached hydrogens (tertiary/aromatic N) is 2. The number of aromatic amines is 1. The minimum atomic E-state index is -4.48. The van der Waals surface area contributed by atoms with Crippen LogP contribution in [0.25, 0.3) is 0 Å². The zero-order valence-electron chi connectivity index (χ0n) is 13.1. The second-order valence-electron chi connectivity index (χ2n) is 5.54. The lowest BCUT2D eigenvalue weighted by molar-refractivity contribution is -0.138. The van der Waals surface area contributed by atoms with E-state index in [-0.39, 0.29) is 5.56 Å². The van der Waals surface area contributed by atoms with Gasteiger partial charge in [0.2, 0.25) is 0 Å². The molecule has 2 aromatic heterocycles. The average Bonchev–Trinajstić information content (AvgIpc) is 3.07. The van der Waals surface area contributed by atoms with Crippen LogP contribution in [-0.2, 0) is 6.18 Å². The number of aromatic nitrogens is 3. The van der Waals surface area contributed by atoms with Crippen molar-refractivity contribution in [1.82, 2.24) is 15.2 Å². The number of halogens is 4. The summed E-state index contributed by atoms with van der Waals surface area (Å²) in [5.41, 5.74) is 0.730. The Balaban J connectivity index is 2.09. The van der Waals surface area contributed by atoms with Crippen LogP contribution in [0.2, 0.25) is 5.02 Å². The number of nitrogens with one attached hydrogen (secondary N) is 2. The Bertz CT molecular complexity index is 863. The molecule has 0 radical (unpaired) electrons. The highest BCUT2D eigenvalue weighted by Gasteiger charge is 2.35. The van der Waals surface area contributed by atoms with Gasteiger partial charge in [-0.05, 0) is 30.2 Å². The zero-order valence-corrected chi connectivity index (χ0v) is 13.9. The van der Waals surface area contributed by atoms with Gasteiger partial charge in [-0.3, -0.25) is 5.10 Å². The van der Waals surface area contributed by atoms with Gasteiger partial charge in [-0.25, -0.2) is 4.98 Å². The number of aryl methyl sites for hydroxylation is 1. The molecule has 3 rings (SSSR count). The van der Waals surface area contributed by atoms with Crippen LogP contribution in [0.5, 0.6) is 0 Å². The van der Waals surface area contributed by atoms with E-state index in [9.17, 15) is 13.2 Å². The van der Waals surface area contributed by atoms with Crippen molar-refractivity contribution in [2.75, 3.05) is 5.32 Å². The van der Waals surface area contributed by atoms with Gasteiger partial charge in [-0.2, -0.15) is 18.3 Å². The molecule has 0 aliphatic rings. The van der Waals surface area contributed by atoms with Crippen LogP contribution < -0.4 is 5.32 Å². The van der Waals surface area contributed by atoms with Crippen LogP contribution in [0.15, 0.2) is 48.9 Å². The van der Waals surface area contributed by atoms with E-state index in [0.29, 0.717) is 16.4 Å². The third-order valence-electron chi connectivity index (χ3n) is 3.69. The zero-order chi connectivity index (χ0) is 18.0. The molecule has 0 saturated heterocycles. The van der Waals surface area contributed by atoms with Crippen LogP contribution in [0.1, 0.15) is 28.3 Å². The highest BCUT2D eigenvalue weighted by atomic mass is 35.5. The minimum Gasteiger partial charge on any atom is -0.358 e. The van der Waals surface area contributed by atoms with Crippen LogP contribution in [0, 0.1) is 6.92 Å². The molecule has 2 heterocycles. The van der Waals surface area contributed by atoms with E-state index in [2.05, 4.69) is 20.5 Å². The van der Waals surface area contributed by atoms with E-state index < -0.39 is 17.8 Å². The lowest BCUT2D eigenvalue weighted by atomic mass is 9.96. The summed E-state index contributed by atoms with van der Waals surface area (Å²) in [7, 11) is 0. The fraction of sp³-hybridized carbons (Fsp3) is 0.176. The number of pyridine rings is 1. The molecule has 1 unspecified atom stereocenters. The summed E-state index contributed by atoms with van der Waals surface area (Å²) >= 11 is 6.18. The first-order valence-electron chi connectivity index (χ1n) is 7.39. The van der Waals surface area contributed by atoms with Crippen molar-refractivity contribution in [2.45, 2.75) is 19.1 Å². The molecule has 0 saturated carbocycles. The molecule has 0 amide bonds. The predicted octanol–water partition coefficient (Wildman–Crippen LogP) is 4.99. The SMILES string of the molecule is Cc1cnc(NC(c2cn[nH]c2)c2ccccc2C(F)(F)F)c(Cl)c1. The van der Waals surface area contributed by atoms with Crippen molar-refractivity contribution >= 4 is 17.4 Å². The molecule has 0 fully saturated rings. The molecule has 8 heteroatoms. The van der Waals surface area contributed by atoms with Crippen molar-refractivity contribution in [2.24, 2.45) is 0 Å². The predicted molar refractivity (Wildman–Crippen MR) is 89.5 cm³/mol. The second-order valence-corrected chi connectivity index (χ2v) is 5.94. The maximum absolute atomic E-state index is 13.4. The molecule has 0 bridgehead atoms. The molecule has 25 heavy (non-hydrogen) atoms. The molecule has 0 aliphatic heterocycles. The number of H-pyrrole nitrogens is 1. The molecule has 0 aliphatic carbocycles. The van der Waals surface area contributed by atoms with E-state index in [1.807, 2.05) is 6.92 Å². The van der Waals surface area contributed by atoms with Gasteiger partial charge in [0.05, 0.1) is 22.8 Å². The number of benzene rings is 1. The maximum atomic E-state index is 13.4.